The number of likely N-dealkylation sites (tertiary alicyclic amines) is 1. The van der Waals surface area contributed by atoms with Crippen molar-refractivity contribution in [2.75, 3.05) is 20.2 Å². The van der Waals surface area contributed by atoms with Gasteiger partial charge in [-0.2, -0.15) is 0 Å². The van der Waals surface area contributed by atoms with E-state index in [0.29, 0.717) is 24.0 Å². The first-order valence-corrected chi connectivity index (χ1v) is 13.3. The van der Waals surface area contributed by atoms with Gasteiger partial charge in [-0.1, -0.05) is 29.8 Å². The summed E-state index contributed by atoms with van der Waals surface area (Å²) in [4.78, 5) is 20.5. The van der Waals surface area contributed by atoms with Gasteiger partial charge in [0, 0.05) is 23.2 Å². The Kier molecular flexibility index (Phi) is 6.33. The minimum atomic E-state index is -0.504. The van der Waals surface area contributed by atoms with E-state index in [2.05, 4.69) is 28.3 Å². The number of carbonyl (C=O) groups excluding carboxylic acids is 1. The van der Waals surface area contributed by atoms with Gasteiger partial charge in [-0.25, -0.2) is 4.39 Å². The molecular weight excluding hydrogens is 501 g/mol. The standard InChI is InChI=1S/C31H29ClFN3O2/c1-19-5-7-23(38-18-22-9-13-36(22)2)17-25(19)30(37)35-31(10-11-31)26-14-21(16-29-24(26)4-3-12-34-29)20-6-8-28(33)27(32)15-20/h3-8,12,14-17,22H,9-11,13,18H2,1-2H3,(H,35,37)/t22-/m0/s1. The van der Waals surface area contributed by atoms with Crippen molar-refractivity contribution in [3.63, 3.8) is 0 Å². The van der Waals surface area contributed by atoms with Gasteiger partial charge in [-0.15, -0.1) is 0 Å². The smallest absolute Gasteiger partial charge is 0.252 e. The third-order valence-corrected chi connectivity index (χ3v) is 8.22. The molecule has 1 amide bonds. The van der Waals surface area contributed by atoms with Crippen LogP contribution in [0.25, 0.3) is 22.0 Å². The molecule has 1 N–H and O–H groups in total. The number of aryl methyl sites for hydroxylation is 1. The predicted octanol–water partition coefficient (Wildman–Crippen LogP) is 6.50. The number of hydrogen-bond acceptors (Lipinski definition) is 4. The molecule has 7 heteroatoms. The fourth-order valence-corrected chi connectivity index (χ4v) is 5.38. The molecule has 194 valence electrons. The average molecular weight is 530 g/mol. The third kappa shape index (κ3) is 4.63. The summed E-state index contributed by atoms with van der Waals surface area (Å²) in [6, 6.07) is 18.8. The summed E-state index contributed by atoms with van der Waals surface area (Å²) in [6.45, 7) is 3.65. The molecule has 0 unspecified atom stereocenters. The van der Waals surface area contributed by atoms with Crippen LogP contribution in [0, 0.1) is 12.7 Å². The first-order chi connectivity index (χ1) is 18.3. The molecule has 0 spiro atoms. The first kappa shape index (κ1) is 24.8. The molecule has 2 aliphatic rings. The van der Waals surface area contributed by atoms with Gasteiger partial charge in [0.05, 0.1) is 16.1 Å². The zero-order valence-corrected chi connectivity index (χ0v) is 22.2. The van der Waals surface area contributed by atoms with Gasteiger partial charge in [0.15, 0.2) is 0 Å². The second-order valence-corrected chi connectivity index (χ2v) is 10.9. The number of nitrogens with one attached hydrogen (secondary N) is 1. The summed E-state index contributed by atoms with van der Waals surface area (Å²) in [7, 11) is 2.10. The van der Waals surface area contributed by atoms with Crippen molar-refractivity contribution < 1.29 is 13.9 Å². The number of pyridine rings is 1. The van der Waals surface area contributed by atoms with Crippen LogP contribution in [0.1, 0.15) is 40.7 Å². The lowest BCUT2D eigenvalue weighted by molar-refractivity contribution is 0.0767. The van der Waals surface area contributed by atoms with E-state index in [1.807, 2.05) is 43.3 Å². The highest BCUT2D eigenvalue weighted by Crippen LogP contribution is 2.49. The summed E-state index contributed by atoms with van der Waals surface area (Å²) < 4.78 is 19.9. The van der Waals surface area contributed by atoms with Crippen LogP contribution in [-0.2, 0) is 5.54 Å². The van der Waals surface area contributed by atoms with Crippen LogP contribution in [0.3, 0.4) is 0 Å². The lowest BCUT2D eigenvalue weighted by atomic mass is 9.93. The fourth-order valence-electron chi connectivity index (χ4n) is 5.20. The molecule has 1 aliphatic heterocycles. The summed E-state index contributed by atoms with van der Waals surface area (Å²) in [5.74, 6) is 0.121. The molecule has 0 bridgehead atoms. The van der Waals surface area contributed by atoms with E-state index >= 15 is 0 Å². The zero-order chi connectivity index (χ0) is 26.4. The molecule has 1 aromatic heterocycles. The van der Waals surface area contributed by atoms with Crippen LogP contribution >= 0.6 is 11.6 Å². The summed E-state index contributed by atoms with van der Waals surface area (Å²) >= 11 is 6.09. The van der Waals surface area contributed by atoms with Crippen molar-refractivity contribution >= 4 is 28.4 Å². The molecule has 1 saturated carbocycles. The average Bonchev–Trinajstić information content (AvgIpc) is 3.69. The van der Waals surface area contributed by atoms with E-state index in [-0.39, 0.29) is 10.9 Å². The Labute approximate surface area is 226 Å². The number of benzene rings is 3. The van der Waals surface area contributed by atoms with Crippen LogP contribution in [0.4, 0.5) is 4.39 Å². The number of carbonyl (C=O) groups is 1. The lowest BCUT2D eigenvalue weighted by Crippen LogP contribution is -2.48. The van der Waals surface area contributed by atoms with Gasteiger partial charge >= 0.3 is 0 Å². The Morgan fingerprint density at radius 1 is 1.16 bits per heavy atom. The van der Waals surface area contributed by atoms with Crippen LogP contribution in [0.15, 0.2) is 66.9 Å². The maximum atomic E-state index is 13.8. The highest BCUT2D eigenvalue weighted by atomic mass is 35.5. The summed E-state index contributed by atoms with van der Waals surface area (Å²) in [5, 5.41) is 4.39. The molecule has 2 fully saturated rings. The van der Waals surface area contributed by atoms with E-state index in [1.54, 1.807) is 18.3 Å². The minimum Gasteiger partial charge on any atom is -0.492 e. The van der Waals surface area contributed by atoms with Crippen LogP contribution in [0.5, 0.6) is 5.75 Å². The van der Waals surface area contributed by atoms with Crippen molar-refractivity contribution in [1.29, 1.82) is 0 Å². The van der Waals surface area contributed by atoms with Crippen molar-refractivity contribution in [2.45, 2.75) is 37.8 Å². The Balaban J connectivity index is 1.31. The first-order valence-electron chi connectivity index (χ1n) is 12.9. The fraction of sp³-hybridized carbons (Fsp3) is 0.290. The SMILES string of the molecule is Cc1ccc(OC[C@@H]2CCN2C)cc1C(=O)NC1(c2cc(-c3ccc(F)c(Cl)c3)cc3ncccc23)CC1. The van der Waals surface area contributed by atoms with Crippen molar-refractivity contribution in [1.82, 2.24) is 15.2 Å². The molecule has 1 aliphatic carbocycles. The number of halogens is 2. The topological polar surface area (TPSA) is 54.5 Å². The molecule has 4 aromatic rings. The number of aromatic nitrogens is 1. The summed E-state index contributed by atoms with van der Waals surface area (Å²) in [6.07, 6.45) is 4.52. The minimum absolute atomic E-state index is 0.0705. The Morgan fingerprint density at radius 2 is 2.00 bits per heavy atom. The Bertz CT molecular complexity index is 1550. The summed E-state index contributed by atoms with van der Waals surface area (Å²) in [5.41, 5.74) is 4.49. The van der Waals surface area contributed by atoms with E-state index in [1.165, 1.54) is 6.07 Å². The van der Waals surface area contributed by atoms with Crippen molar-refractivity contribution in [2.24, 2.45) is 0 Å². The zero-order valence-electron chi connectivity index (χ0n) is 21.4. The van der Waals surface area contributed by atoms with Gasteiger partial charge in [-0.05, 0) is 104 Å². The van der Waals surface area contributed by atoms with E-state index in [4.69, 9.17) is 16.3 Å². The van der Waals surface area contributed by atoms with Gasteiger partial charge in [0.25, 0.3) is 5.91 Å². The van der Waals surface area contributed by atoms with Gasteiger partial charge in [0.2, 0.25) is 0 Å². The monoisotopic (exact) mass is 529 g/mol. The molecule has 1 saturated heterocycles. The van der Waals surface area contributed by atoms with Crippen molar-refractivity contribution in [3.05, 3.63) is 94.4 Å². The quantitative estimate of drug-likeness (QED) is 0.297. The normalized spacial score (nSPS) is 18.2. The second kappa shape index (κ2) is 9.68. The number of likely N-dealkylation sites (N-methyl/N-ethyl adjacent to an activating group) is 1. The number of fused-ring (bicyclic) bond motifs is 1. The predicted molar refractivity (Wildman–Crippen MR) is 148 cm³/mol. The van der Waals surface area contributed by atoms with Crippen LogP contribution in [0.2, 0.25) is 5.02 Å². The van der Waals surface area contributed by atoms with E-state index < -0.39 is 11.4 Å². The number of hydrogen-bond donors (Lipinski definition) is 1. The third-order valence-electron chi connectivity index (χ3n) is 7.93. The van der Waals surface area contributed by atoms with E-state index in [9.17, 15) is 9.18 Å². The molecule has 6 rings (SSSR count). The molecule has 5 nitrogen and oxygen atoms in total. The highest BCUT2D eigenvalue weighted by molar-refractivity contribution is 6.31. The van der Waals surface area contributed by atoms with Gasteiger partial charge in [-0.3, -0.25) is 14.7 Å². The number of rotatable bonds is 7. The molecule has 2 heterocycles. The van der Waals surface area contributed by atoms with Gasteiger partial charge in [0.1, 0.15) is 18.2 Å². The number of amides is 1. The van der Waals surface area contributed by atoms with Crippen molar-refractivity contribution in [3.8, 4) is 16.9 Å². The molecule has 3 aromatic carbocycles. The van der Waals surface area contributed by atoms with E-state index in [0.717, 1.165) is 59.0 Å². The largest absolute Gasteiger partial charge is 0.492 e. The van der Waals surface area contributed by atoms with Crippen LogP contribution in [-0.4, -0.2) is 42.0 Å². The lowest BCUT2D eigenvalue weighted by Gasteiger charge is -2.37. The molecule has 1 atom stereocenters. The Morgan fingerprint density at radius 3 is 2.71 bits per heavy atom. The second-order valence-electron chi connectivity index (χ2n) is 10.5. The maximum absolute atomic E-state index is 13.8. The molecule has 0 radical (unpaired) electrons. The number of ether oxygens (including phenoxy) is 1. The maximum Gasteiger partial charge on any atom is 0.252 e. The van der Waals surface area contributed by atoms with Crippen LogP contribution < -0.4 is 10.1 Å². The highest BCUT2D eigenvalue weighted by Gasteiger charge is 2.47. The molecule has 38 heavy (non-hydrogen) atoms. The molecular formula is C31H29ClFN3O2. The number of nitrogens with zero attached hydrogens (tertiary/aromatic N) is 2. The van der Waals surface area contributed by atoms with Gasteiger partial charge < -0.3 is 10.1 Å². The Hall–Kier alpha value is -3.48.